The Kier molecular flexibility index (Phi) is 6.15. The van der Waals surface area contributed by atoms with Gasteiger partial charge in [0.05, 0.1) is 13.2 Å². The zero-order valence-corrected chi connectivity index (χ0v) is 13.1. The molecule has 0 spiro atoms. The summed E-state index contributed by atoms with van der Waals surface area (Å²) in [6.07, 6.45) is 12.5. The molecular weight excluding hydrogens is 234 g/mol. The molecule has 0 radical (unpaired) electrons. The smallest absolute Gasteiger partial charge is 0.0651 e. The molecule has 0 aromatic rings. The Morgan fingerprint density at radius 1 is 1.11 bits per heavy atom. The van der Waals surface area contributed by atoms with Gasteiger partial charge in [-0.2, -0.15) is 0 Å². The van der Waals surface area contributed by atoms with E-state index < -0.39 is 0 Å². The van der Waals surface area contributed by atoms with Crippen molar-refractivity contribution >= 4 is 0 Å². The van der Waals surface area contributed by atoms with Crippen LogP contribution in [0.4, 0.5) is 0 Å². The van der Waals surface area contributed by atoms with Crippen LogP contribution in [0, 0.1) is 5.92 Å². The van der Waals surface area contributed by atoms with Crippen LogP contribution in [0.5, 0.6) is 0 Å². The summed E-state index contributed by atoms with van der Waals surface area (Å²) < 4.78 is 5.80. The van der Waals surface area contributed by atoms with Crippen LogP contribution in [-0.2, 0) is 4.74 Å². The minimum absolute atomic E-state index is 0.432. The zero-order valence-electron chi connectivity index (χ0n) is 13.1. The maximum Gasteiger partial charge on any atom is 0.0651 e. The second-order valence-electron chi connectivity index (χ2n) is 6.70. The molecule has 0 aromatic heterocycles. The number of morpholine rings is 1. The van der Waals surface area contributed by atoms with Gasteiger partial charge in [-0.05, 0) is 31.7 Å². The highest BCUT2D eigenvalue weighted by Crippen LogP contribution is 2.37. The average Bonchev–Trinajstić information content (AvgIpc) is 2.83. The van der Waals surface area contributed by atoms with Gasteiger partial charge in [-0.25, -0.2) is 0 Å². The van der Waals surface area contributed by atoms with Crippen LogP contribution >= 0.6 is 0 Å². The fourth-order valence-electron chi connectivity index (χ4n) is 4.27. The van der Waals surface area contributed by atoms with Crippen LogP contribution in [0.25, 0.3) is 0 Å². The lowest BCUT2D eigenvalue weighted by atomic mass is 9.86. The molecule has 0 aromatic carbocycles. The molecule has 0 aliphatic carbocycles. The van der Waals surface area contributed by atoms with E-state index in [2.05, 4.69) is 18.7 Å². The van der Waals surface area contributed by atoms with Gasteiger partial charge in [0, 0.05) is 12.1 Å². The average molecular weight is 267 g/mol. The monoisotopic (exact) mass is 267 g/mol. The van der Waals surface area contributed by atoms with Gasteiger partial charge in [0.1, 0.15) is 0 Å². The SMILES string of the molecule is CCCC(CCC)CCCC12CCCN1CCOC2. The van der Waals surface area contributed by atoms with Crippen LogP contribution < -0.4 is 0 Å². The van der Waals surface area contributed by atoms with Gasteiger partial charge in [0.2, 0.25) is 0 Å². The first-order chi connectivity index (χ1) is 9.30. The number of hydrogen-bond donors (Lipinski definition) is 0. The molecule has 0 N–H and O–H groups in total. The first-order valence-corrected chi connectivity index (χ1v) is 8.63. The Morgan fingerprint density at radius 3 is 2.63 bits per heavy atom. The molecular formula is C17H33NO. The van der Waals surface area contributed by atoms with E-state index >= 15 is 0 Å². The van der Waals surface area contributed by atoms with E-state index in [1.165, 1.54) is 70.9 Å². The van der Waals surface area contributed by atoms with Crippen molar-refractivity contribution in [2.45, 2.75) is 77.2 Å². The van der Waals surface area contributed by atoms with Gasteiger partial charge < -0.3 is 4.74 Å². The molecule has 0 amide bonds. The van der Waals surface area contributed by atoms with Crippen molar-refractivity contribution in [1.29, 1.82) is 0 Å². The first-order valence-electron chi connectivity index (χ1n) is 8.63. The molecule has 2 heterocycles. The third-order valence-corrected chi connectivity index (χ3v) is 5.27. The summed E-state index contributed by atoms with van der Waals surface area (Å²) in [5.41, 5.74) is 0.432. The first kappa shape index (κ1) is 15.3. The van der Waals surface area contributed by atoms with Crippen LogP contribution in [0.1, 0.15) is 71.6 Å². The molecule has 2 rings (SSSR count). The number of ether oxygens (including phenoxy) is 1. The summed E-state index contributed by atoms with van der Waals surface area (Å²) in [4.78, 5) is 2.73. The minimum Gasteiger partial charge on any atom is -0.378 e. The topological polar surface area (TPSA) is 12.5 Å². The van der Waals surface area contributed by atoms with E-state index in [1.807, 2.05) is 0 Å². The fourth-order valence-corrected chi connectivity index (χ4v) is 4.27. The second-order valence-corrected chi connectivity index (χ2v) is 6.70. The number of rotatable bonds is 8. The van der Waals surface area contributed by atoms with Gasteiger partial charge >= 0.3 is 0 Å². The molecule has 2 nitrogen and oxygen atoms in total. The van der Waals surface area contributed by atoms with Crippen molar-refractivity contribution in [2.75, 3.05) is 26.3 Å². The molecule has 2 saturated heterocycles. The Hall–Kier alpha value is -0.0800. The third-order valence-electron chi connectivity index (χ3n) is 5.27. The predicted molar refractivity (Wildman–Crippen MR) is 81.5 cm³/mol. The lowest BCUT2D eigenvalue weighted by Gasteiger charge is -2.42. The van der Waals surface area contributed by atoms with Gasteiger partial charge in [-0.1, -0.05) is 52.4 Å². The quantitative estimate of drug-likeness (QED) is 0.652. The van der Waals surface area contributed by atoms with Crippen molar-refractivity contribution < 1.29 is 4.74 Å². The lowest BCUT2D eigenvalue weighted by Crippen LogP contribution is -2.52. The zero-order chi connectivity index (χ0) is 13.6. The van der Waals surface area contributed by atoms with E-state index in [-0.39, 0.29) is 0 Å². The highest BCUT2D eigenvalue weighted by Gasteiger charge is 2.42. The normalized spacial score (nSPS) is 27.9. The van der Waals surface area contributed by atoms with Gasteiger partial charge in [-0.15, -0.1) is 0 Å². The van der Waals surface area contributed by atoms with Crippen LogP contribution in [0.15, 0.2) is 0 Å². The maximum absolute atomic E-state index is 5.80. The van der Waals surface area contributed by atoms with E-state index in [4.69, 9.17) is 4.74 Å². The number of fused-ring (bicyclic) bond motifs is 1. The molecule has 0 saturated carbocycles. The summed E-state index contributed by atoms with van der Waals surface area (Å²) in [6.45, 7) is 9.10. The summed E-state index contributed by atoms with van der Waals surface area (Å²) in [7, 11) is 0. The van der Waals surface area contributed by atoms with Gasteiger partial charge in [0.25, 0.3) is 0 Å². The molecule has 0 bridgehead atoms. The minimum atomic E-state index is 0.432. The molecule has 19 heavy (non-hydrogen) atoms. The molecule has 2 aliphatic rings. The summed E-state index contributed by atoms with van der Waals surface area (Å²) in [6, 6.07) is 0. The molecule has 1 unspecified atom stereocenters. The summed E-state index contributed by atoms with van der Waals surface area (Å²) in [5, 5.41) is 0. The highest BCUT2D eigenvalue weighted by molar-refractivity contribution is 4.97. The molecule has 112 valence electrons. The lowest BCUT2D eigenvalue weighted by molar-refractivity contribution is -0.0518. The van der Waals surface area contributed by atoms with Crippen molar-refractivity contribution in [3.8, 4) is 0 Å². The predicted octanol–water partition coefficient (Wildman–Crippen LogP) is 4.24. The van der Waals surface area contributed by atoms with Crippen LogP contribution in [0.3, 0.4) is 0 Å². The van der Waals surface area contributed by atoms with E-state index in [0.717, 1.165) is 19.1 Å². The Morgan fingerprint density at radius 2 is 1.89 bits per heavy atom. The highest BCUT2D eigenvalue weighted by atomic mass is 16.5. The van der Waals surface area contributed by atoms with E-state index in [9.17, 15) is 0 Å². The Labute approximate surface area is 119 Å². The van der Waals surface area contributed by atoms with Gasteiger partial charge in [-0.3, -0.25) is 4.90 Å². The van der Waals surface area contributed by atoms with E-state index in [0.29, 0.717) is 5.54 Å². The number of nitrogens with zero attached hydrogens (tertiary/aromatic N) is 1. The molecule has 2 heteroatoms. The van der Waals surface area contributed by atoms with Crippen molar-refractivity contribution in [2.24, 2.45) is 5.92 Å². The summed E-state index contributed by atoms with van der Waals surface area (Å²) >= 11 is 0. The second kappa shape index (κ2) is 7.64. The summed E-state index contributed by atoms with van der Waals surface area (Å²) in [5.74, 6) is 0.978. The molecule has 2 aliphatic heterocycles. The standard InChI is InChI=1S/C17H33NO/c1-3-7-16(8-4-2)9-5-10-17-11-6-12-18(17)13-14-19-15-17/h16H,3-15H2,1-2H3. The van der Waals surface area contributed by atoms with Crippen molar-refractivity contribution in [1.82, 2.24) is 4.90 Å². The fraction of sp³-hybridized carbons (Fsp3) is 1.00. The van der Waals surface area contributed by atoms with E-state index in [1.54, 1.807) is 0 Å². The Bertz CT molecular complexity index is 250. The Balaban J connectivity index is 1.77. The number of hydrogen-bond acceptors (Lipinski definition) is 2. The third kappa shape index (κ3) is 3.95. The molecule has 2 fully saturated rings. The van der Waals surface area contributed by atoms with Crippen molar-refractivity contribution in [3.05, 3.63) is 0 Å². The van der Waals surface area contributed by atoms with Crippen LogP contribution in [0.2, 0.25) is 0 Å². The maximum atomic E-state index is 5.80. The molecule has 1 atom stereocenters. The van der Waals surface area contributed by atoms with Crippen molar-refractivity contribution in [3.63, 3.8) is 0 Å². The largest absolute Gasteiger partial charge is 0.378 e. The van der Waals surface area contributed by atoms with Crippen LogP contribution in [-0.4, -0.2) is 36.7 Å². The van der Waals surface area contributed by atoms with Gasteiger partial charge in [0.15, 0.2) is 0 Å².